The largest absolute Gasteiger partial charge is 0.444 e. The van der Waals surface area contributed by atoms with Crippen molar-refractivity contribution in [1.29, 1.82) is 0 Å². The summed E-state index contributed by atoms with van der Waals surface area (Å²) in [4.78, 5) is 23.4. The van der Waals surface area contributed by atoms with E-state index in [2.05, 4.69) is 64.6 Å². The maximum atomic E-state index is 13.1. The molecule has 2 atom stereocenters. The van der Waals surface area contributed by atoms with Crippen LogP contribution in [-0.4, -0.2) is 39.3 Å². The summed E-state index contributed by atoms with van der Waals surface area (Å²) in [6, 6.07) is 25.3. The number of ether oxygens (including phenoxy) is 2. The van der Waals surface area contributed by atoms with Gasteiger partial charge in [0.1, 0.15) is 11.8 Å². The first-order valence-corrected chi connectivity index (χ1v) is 14.4. The fraction of sp³-hybridized carbons (Fsp3) is 0.344. The second-order valence-electron chi connectivity index (χ2n) is 10.9. The normalized spacial score (nSPS) is 17.8. The van der Waals surface area contributed by atoms with E-state index in [1.165, 1.54) is 21.9 Å². The summed E-state index contributed by atoms with van der Waals surface area (Å²) in [7, 11) is 0. The number of piperidine rings is 1. The second kappa shape index (κ2) is 12.2. The number of amides is 1. The lowest BCUT2D eigenvalue weighted by Crippen LogP contribution is -2.48. The Labute approximate surface area is 234 Å². The van der Waals surface area contributed by atoms with Crippen LogP contribution in [0, 0.1) is 0 Å². The number of benzene rings is 3. The van der Waals surface area contributed by atoms with Crippen LogP contribution in [0.15, 0.2) is 90.3 Å². The Morgan fingerprint density at radius 2 is 1.67 bits per heavy atom. The third-order valence-electron chi connectivity index (χ3n) is 6.80. The van der Waals surface area contributed by atoms with Gasteiger partial charge >= 0.3 is 6.09 Å². The number of carbonyl (C=O) groups is 1. The van der Waals surface area contributed by atoms with Gasteiger partial charge in [0.05, 0.1) is 6.61 Å². The minimum Gasteiger partial charge on any atom is -0.444 e. The molecule has 1 aliphatic heterocycles. The van der Waals surface area contributed by atoms with Gasteiger partial charge in [0.2, 0.25) is 0 Å². The third-order valence-corrected chi connectivity index (χ3v) is 7.74. The van der Waals surface area contributed by atoms with Crippen molar-refractivity contribution in [1.82, 2.24) is 14.9 Å². The molecule has 1 saturated heterocycles. The van der Waals surface area contributed by atoms with Crippen LogP contribution in [0.4, 0.5) is 4.79 Å². The summed E-state index contributed by atoms with van der Waals surface area (Å²) in [6.07, 6.45) is 4.43. The van der Waals surface area contributed by atoms with Crippen molar-refractivity contribution < 1.29 is 14.3 Å². The Morgan fingerprint density at radius 3 is 2.41 bits per heavy atom. The van der Waals surface area contributed by atoms with Gasteiger partial charge in [0, 0.05) is 24.7 Å². The lowest BCUT2D eigenvalue weighted by Gasteiger charge is -2.39. The van der Waals surface area contributed by atoms with Gasteiger partial charge in [-0.3, -0.25) is 4.90 Å². The maximum absolute atomic E-state index is 13.1. The average Bonchev–Trinajstić information content (AvgIpc) is 2.94. The molecule has 5 rings (SSSR count). The number of carbonyl (C=O) groups excluding carboxylic acids is 1. The summed E-state index contributed by atoms with van der Waals surface area (Å²) in [6.45, 7) is 6.70. The van der Waals surface area contributed by atoms with Gasteiger partial charge in [-0.1, -0.05) is 72.4 Å². The molecule has 4 aromatic rings. The van der Waals surface area contributed by atoms with Crippen molar-refractivity contribution in [3.63, 3.8) is 0 Å². The molecule has 2 unspecified atom stereocenters. The topological polar surface area (TPSA) is 64.5 Å². The molecule has 0 radical (unpaired) electrons. The molecule has 6 nitrogen and oxygen atoms in total. The number of rotatable bonds is 7. The fourth-order valence-electron chi connectivity index (χ4n) is 4.83. The number of thioether (sulfide) groups is 1. The summed E-state index contributed by atoms with van der Waals surface area (Å²) in [5.41, 5.74) is 3.02. The van der Waals surface area contributed by atoms with Crippen molar-refractivity contribution in [3.8, 4) is 0 Å². The smallest absolute Gasteiger partial charge is 0.412 e. The first kappa shape index (κ1) is 27.2. The molecule has 7 heteroatoms. The number of hydrogen-bond donors (Lipinski definition) is 0. The lowest BCUT2D eigenvalue weighted by molar-refractivity contribution is -0.0937. The Hall–Kier alpha value is -3.42. The summed E-state index contributed by atoms with van der Waals surface area (Å²) >= 11 is 1.63. The summed E-state index contributed by atoms with van der Waals surface area (Å²) < 4.78 is 12.2. The van der Waals surface area contributed by atoms with Gasteiger partial charge in [-0.05, 0) is 79.1 Å². The summed E-state index contributed by atoms with van der Waals surface area (Å²) in [5, 5.41) is 3.16. The van der Waals surface area contributed by atoms with E-state index in [0.717, 1.165) is 29.3 Å². The van der Waals surface area contributed by atoms with E-state index in [1.807, 2.05) is 39.0 Å². The molecule has 202 valence electrons. The van der Waals surface area contributed by atoms with Gasteiger partial charge in [-0.2, -0.15) is 0 Å². The van der Waals surface area contributed by atoms with E-state index in [4.69, 9.17) is 9.47 Å². The van der Waals surface area contributed by atoms with Crippen molar-refractivity contribution in [2.75, 3.05) is 6.54 Å². The van der Waals surface area contributed by atoms with Gasteiger partial charge in [-0.25, -0.2) is 14.8 Å². The van der Waals surface area contributed by atoms with Crippen LogP contribution in [0.25, 0.3) is 10.8 Å². The standard InChI is InChI=1S/C32H35N3O3S/c1-32(2,3)38-31(36)35-18-15-28(26-12-9-23(10-13-26)22-39-30-33-16-6-17-34-30)20-29(35)37-21-24-11-14-25-7-4-5-8-27(25)19-24/h4-14,16-17,19,28-29H,15,18,20-22H2,1-3H3. The van der Waals surface area contributed by atoms with Crippen LogP contribution in [0.3, 0.4) is 0 Å². The van der Waals surface area contributed by atoms with Gasteiger partial charge in [0.15, 0.2) is 5.16 Å². The van der Waals surface area contributed by atoms with E-state index in [-0.39, 0.29) is 12.3 Å². The Kier molecular flexibility index (Phi) is 8.48. The molecular weight excluding hydrogens is 506 g/mol. The molecule has 1 fully saturated rings. The molecular formula is C32H35N3O3S. The number of nitrogens with zero attached hydrogens (tertiary/aromatic N) is 3. The van der Waals surface area contributed by atoms with Crippen molar-refractivity contribution in [3.05, 3.63) is 102 Å². The minimum absolute atomic E-state index is 0.296. The van der Waals surface area contributed by atoms with Gasteiger partial charge in [-0.15, -0.1) is 0 Å². The van der Waals surface area contributed by atoms with Crippen LogP contribution in [0.2, 0.25) is 0 Å². The zero-order chi connectivity index (χ0) is 27.2. The highest BCUT2D eigenvalue weighted by molar-refractivity contribution is 7.98. The number of aromatic nitrogens is 2. The first-order chi connectivity index (χ1) is 18.8. The molecule has 2 heterocycles. The highest BCUT2D eigenvalue weighted by atomic mass is 32.2. The number of hydrogen-bond acceptors (Lipinski definition) is 6. The minimum atomic E-state index is -0.560. The number of likely N-dealkylation sites (tertiary alicyclic amines) is 1. The van der Waals surface area contributed by atoms with Crippen LogP contribution < -0.4 is 0 Å². The predicted molar refractivity (Wildman–Crippen MR) is 155 cm³/mol. The second-order valence-corrected chi connectivity index (χ2v) is 11.8. The van der Waals surface area contributed by atoms with E-state index in [9.17, 15) is 4.79 Å². The third kappa shape index (κ3) is 7.37. The van der Waals surface area contributed by atoms with Crippen LogP contribution in [-0.2, 0) is 21.8 Å². The SMILES string of the molecule is CC(C)(C)OC(=O)N1CCC(c2ccc(CSc3ncccn3)cc2)CC1OCc1ccc2ccccc2c1. The van der Waals surface area contributed by atoms with Crippen LogP contribution in [0.1, 0.15) is 56.2 Å². The van der Waals surface area contributed by atoms with Crippen molar-refractivity contribution >= 4 is 28.6 Å². The van der Waals surface area contributed by atoms with E-state index in [1.54, 1.807) is 29.1 Å². The molecule has 1 aliphatic rings. The zero-order valence-electron chi connectivity index (χ0n) is 22.7. The molecule has 3 aromatic carbocycles. The highest BCUT2D eigenvalue weighted by Crippen LogP contribution is 2.34. The van der Waals surface area contributed by atoms with E-state index < -0.39 is 5.60 Å². The lowest BCUT2D eigenvalue weighted by atomic mass is 9.88. The van der Waals surface area contributed by atoms with E-state index >= 15 is 0 Å². The molecule has 0 spiro atoms. The first-order valence-electron chi connectivity index (χ1n) is 13.4. The molecule has 1 aromatic heterocycles. The predicted octanol–water partition coefficient (Wildman–Crippen LogP) is 7.58. The molecule has 39 heavy (non-hydrogen) atoms. The van der Waals surface area contributed by atoms with Crippen LogP contribution >= 0.6 is 11.8 Å². The van der Waals surface area contributed by atoms with Crippen molar-refractivity contribution in [2.24, 2.45) is 0 Å². The monoisotopic (exact) mass is 541 g/mol. The fourth-order valence-corrected chi connectivity index (χ4v) is 5.59. The summed E-state index contributed by atoms with van der Waals surface area (Å²) in [5.74, 6) is 1.11. The quantitative estimate of drug-likeness (QED) is 0.177. The van der Waals surface area contributed by atoms with Crippen LogP contribution in [0.5, 0.6) is 0 Å². The van der Waals surface area contributed by atoms with Gasteiger partial charge < -0.3 is 9.47 Å². The molecule has 0 N–H and O–H groups in total. The highest BCUT2D eigenvalue weighted by Gasteiger charge is 2.35. The number of fused-ring (bicyclic) bond motifs is 1. The Morgan fingerprint density at radius 1 is 0.949 bits per heavy atom. The zero-order valence-corrected chi connectivity index (χ0v) is 23.6. The molecule has 0 bridgehead atoms. The van der Waals surface area contributed by atoms with E-state index in [0.29, 0.717) is 19.1 Å². The van der Waals surface area contributed by atoms with Gasteiger partial charge in [0.25, 0.3) is 0 Å². The molecule has 1 amide bonds. The molecule has 0 aliphatic carbocycles. The Balaban J connectivity index is 1.27. The Bertz CT molecular complexity index is 1390. The molecule has 0 saturated carbocycles. The van der Waals surface area contributed by atoms with Crippen molar-refractivity contribution in [2.45, 2.75) is 68.9 Å². The average molecular weight is 542 g/mol. The maximum Gasteiger partial charge on any atom is 0.412 e.